The van der Waals surface area contributed by atoms with Gasteiger partial charge in [-0.05, 0) is 12.1 Å². The molecule has 1 aromatic rings. The zero-order chi connectivity index (χ0) is 15.5. The molecule has 0 heterocycles. The second kappa shape index (κ2) is 10.0. The van der Waals surface area contributed by atoms with Crippen molar-refractivity contribution in [1.82, 2.24) is 4.90 Å². The van der Waals surface area contributed by atoms with Gasteiger partial charge in [-0.1, -0.05) is 12.1 Å². The molecule has 21 heavy (non-hydrogen) atoms. The van der Waals surface area contributed by atoms with Crippen molar-refractivity contribution in [2.45, 2.75) is 6.42 Å². The fourth-order valence-corrected chi connectivity index (χ4v) is 1.62. The Morgan fingerprint density at radius 2 is 1.86 bits per heavy atom. The number of ether oxygens (including phenoxy) is 3. The van der Waals surface area contributed by atoms with Crippen molar-refractivity contribution < 1.29 is 19.0 Å². The monoisotopic (exact) mass is 296 g/mol. The molecule has 1 aromatic carbocycles. The van der Waals surface area contributed by atoms with Gasteiger partial charge in [-0.2, -0.15) is 0 Å². The number of carbonyl (C=O) groups excluding carboxylic acids is 1. The van der Waals surface area contributed by atoms with E-state index < -0.39 is 0 Å². The SMILES string of the molecule is COCCCOc1ccccc1NC(=O)N(C)CCOC. The number of likely N-dealkylation sites (N-methyl/N-ethyl adjacent to an activating group) is 1. The predicted molar refractivity (Wildman–Crippen MR) is 82.0 cm³/mol. The summed E-state index contributed by atoms with van der Waals surface area (Å²) in [5.74, 6) is 0.655. The fraction of sp³-hybridized carbons (Fsp3) is 0.533. The molecule has 0 aliphatic carbocycles. The van der Waals surface area contributed by atoms with Crippen molar-refractivity contribution in [2.24, 2.45) is 0 Å². The number of methoxy groups -OCH3 is 2. The maximum atomic E-state index is 12.0. The van der Waals surface area contributed by atoms with Gasteiger partial charge in [0.05, 0.1) is 18.9 Å². The summed E-state index contributed by atoms with van der Waals surface area (Å²) < 4.78 is 15.6. The van der Waals surface area contributed by atoms with Gasteiger partial charge in [0.15, 0.2) is 0 Å². The third kappa shape index (κ3) is 6.46. The number of urea groups is 1. The van der Waals surface area contributed by atoms with Gasteiger partial charge in [0.1, 0.15) is 5.75 Å². The minimum Gasteiger partial charge on any atom is -0.491 e. The first-order valence-corrected chi connectivity index (χ1v) is 6.91. The minimum absolute atomic E-state index is 0.194. The molecule has 0 unspecified atom stereocenters. The number of benzene rings is 1. The lowest BCUT2D eigenvalue weighted by Gasteiger charge is -2.19. The number of nitrogens with zero attached hydrogens (tertiary/aromatic N) is 1. The Kier molecular flexibility index (Phi) is 8.23. The maximum Gasteiger partial charge on any atom is 0.321 e. The molecule has 6 nitrogen and oxygen atoms in total. The van der Waals surface area contributed by atoms with Gasteiger partial charge in [-0.15, -0.1) is 0 Å². The second-order valence-corrected chi connectivity index (χ2v) is 4.54. The largest absolute Gasteiger partial charge is 0.491 e. The third-order valence-electron chi connectivity index (χ3n) is 2.86. The number of hydrogen-bond acceptors (Lipinski definition) is 4. The Hall–Kier alpha value is -1.79. The van der Waals surface area contributed by atoms with Crippen molar-refractivity contribution in [1.29, 1.82) is 0 Å². The molecule has 1 N–H and O–H groups in total. The summed E-state index contributed by atoms with van der Waals surface area (Å²) in [6.45, 7) is 2.22. The summed E-state index contributed by atoms with van der Waals surface area (Å²) in [5, 5.41) is 2.84. The molecule has 0 aliphatic rings. The molecule has 0 aromatic heterocycles. The molecular formula is C15H24N2O4. The van der Waals surface area contributed by atoms with Gasteiger partial charge < -0.3 is 24.4 Å². The van der Waals surface area contributed by atoms with E-state index in [1.807, 2.05) is 24.3 Å². The minimum atomic E-state index is -0.194. The van der Waals surface area contributed by atoms with E-state index in [0.717, 1.165) is 6.42 Å². The van der Waals surface area contributed by atoms with Gasteiger partial charge in [0, 0.05) is 40.8 Å². The molecule has 118 valence electrons. The summed E-state index contributed by atoms with van der Waals surface area (Å²) >= 11 is 0. The number of anilines is 1. The highest BCUT2D eigenvalue weighted by atomic mass is 16.5. The average molecular weight is 296 g/mol. The standard InChI is InChI=1S/C15H24N2O4/c1-17(9-12-20-3)15(18)16-13-7-4-5-8-14(13)21-11-6-10-19-2/h4-5,7-8H,6,9-12H2,1-3H3,(H,16,18). The highest BCUT2D eigenvalue weighted by Crippen LogP contribution is 2.24. The first-order valence-electron chi connectivity index (χ1n) is 6.91. The van der Waals surface area contributed by atoms with E-state index in [1.54, 1.807) is 26.2 Å². The number of hydrogen-bond donors (Lipinski definition) is 1. The van der Waals surface area contributed by atoms with E-state index in [4.69, 9.17) is 14.2 Å². The van der Waals surface area contributed by atoms with Gasteiger partial charge >= 0.3 is 6.03 Å². The summed E-state index contributed by atoms with van der Waals surface area (Å²) in [7, 11) is 4.98. The number of carbonyl (C=O) groups is 1. The summed E-state index contributed by atoms with van der Waals surface area (Å²) in [6.07, 6.45) is 0.798. The average Bonchev–Trinajstić information content (AvgIpc) is 2.50. The molecule has 0 spiro atoms. The van der Waals surface area contributed by atoms with Crippen LogP contribution in [0.2, 0.25) is 0 Å². The molecule has 0 atom stereocenters. The van der Waals surface area contributed by atoms with Gasteiger partial charge in [-0.3, -0.25) is 0 Å². The zero-order valence-electron chi connectivity index (χ0n) is 12.9. The number of para-hydroxylation sites is 2. The lowest BCUT2D eigenvalue weighted by Crippen LogP contribution is -2.33. The third-order valence-corrected chi connectivity index (χ3v) is 2.86. The first kappa shape index (κ1) is 17.3. The molecule has 0 bridgehead atoms. The molecule has 0 saturated heterocycles. The van der Waals surface area contributed by atoms with Crippen LogP contribution in [-0.4, -0.2) is 58.6 Å². The Bertz CT molecular complexity index is 426. The summed E-state index contributed by atoms with van der Waals surface area (Å²) in [5.41, 5.74) is 0.657. The number of rotatable bonds is 9. The molecular weight excluding hydrogens is 272 g/mol. The molecule has 0 fully saturated rings. The lowest BCUT2D eigenvalue weighted by molar-refractivity contribution is 0.165. The van der Waals surface area contributed by atoms with Crippen LogP contribution in [0.1, 0.15) is 6.42 Å². The first-order chi connectivity index (χ1) is 10.2. The molecule has 0 radical (unpaired) electrons. The van der Waals surface area contributed by atoms with E-state index in [1.165, 1.54) is 0 Å². The smallest absolute Gasteiger partial charge is 0.321 e. The van der Waals surface area contributed by atoms with Crippen LogP contribution in [0, 0.1) is 0 Å². The fourth-order valence-electron chi connectivity index (χ4n) is 1.62. The number of nitrogens with one attached hydrogen (secondary N) is 1. The Balaban J connectivity index is 2.55. The lowest BCUT2D eigenvalue weighted by atomic mass is 10.3. The Morgan fingerprint density at radius 1 is 1.14 bits per heavy atom. The zero-order valence-corrected chi connectivity index (χ0v) is 12.9. The Labute approximate surface area is 126 Å². The molecule has 6 heteroatoms. The predicted octanol–water partition coefficient (Wildman–Crippen LogP) is 2.21. The highest BCUT2D eigenvalue weighted by Gasteiger charge is 2.11. The van der Waals surface area contributed by atoms with Crippen molar-refractivity contribution in [2.75, 3.05) is 52.9 Å². The quantitative estimate of drug-likeness (QED) is 0.710. The topological polar surface area (TPSA) is 60.0 Å². The van der Waals surface area contributed by atoms with Crippen LogP contribution in [-0.2, 0) is 9.47 Å². The van der Waals surface area contributed by atoms with Crippen LogP contribution in [0.25, 0.3) is 0 Å². The van der Waals surface area contributed by atoms with E-state index in [2.05, 4.69) is 5.32 Å². The van der Waals surface area contributed by atoms with Crippen LogP contribution >= 0.6 is 0 Å². The maximum absolute atomic E-state index is 12.0. The molecule has 0 aliphatic heterocycles. The second-order valence-electron chi connectivity index (χ2n) is 4.54. The number of amides is 2. The summed E-state index contributed by atoms with van der Waals surface area (Å²) in [4.78, 5) is 13.6. The summed E-state index contributed by atoms with van der Waals surface area (Å²) in [6, 6.07) is 7.17. The van der Waals surface area contributed by atoms with Crippen molar-refractivity contribution in [3.63, 3.8) is 0 Å². The van der Waals surface area contributed by atoms with Crippen LogP contribution in [0.3, 0.4) is 0 Å². The Morgan fingerprint density at radius 3 is 2.57 bits per heavy atom. The van der Waals surface area contributed by atoms with Gasteiger partial charge in [0.25, 0.3) is 0 Å². The van der Waals surface area contributed by atoms with Crippen LogP contribution in [0.5, 0.6) is 5.75 Å². The van der Waals surface area contributed by atoms with E-state index in [-0.39, 0.29) is 6.03 Å². The molecule has 0 saturated carbocycles. The molecule has 1 rings (SSSR count). The van der Waals surface area contributed by atoms with Crippen LogP contribution in [0.15, 0.2) is 24.3 Å². The van der Waals surface area contributed by atoms with Crippen LogP contribution < -0.4 is 10.1 Å². The van der Waals surface area contributed by atoms with E-state index in [0.29, 0.717) is 37.8 Å². The van der Waals surface area contributed by atoms with E-state index >= 15 is 0 Å². The van der Waals surface area contributed by atoms with Gasteiger partial charge in [0.2, 0.25) is 0 Å². The van der Waals surface area contributed by atoms with Crippen molar-refractivity contribution in [3.05, 3.63) is 24.3 Å². The highest BCUT2D eigenvalue weighted by molar-refractivity contribution is 5.90. The van der Waals surface area contributed by atoms with Crippen LogP contribution in [0.4, 0.5) is 10.5 Å². The van der Waals surface area contributed by atoms with Gasteiger partial charge in [-0.25, -0.2) is 4.79 Å². The molecule has 2 amide bonds. The normalized spacial score (nSPS) is 10.2. The van der Waals surface area contributed by atoms with Crippen molar-refractivity contribution in [3.8, 4) is 5.75 Å². The van der Waals surface area contributed by atoms with E-state index in [9.17, 15) is 4.79 Å². The van der Waals surface area contributed by atoms with Crippen molar-refractivity contribution >= 4 is 11.7 Å².